The zero-order valence-electron chi connectivity index (χ0n) is 15.9. The number of fused-ring (bicyclic) bond motifs is 1. The number of amides is 1. The van der Waals surface area contributed by atoms with Gasteiger partial charge in [-0.25, -0.2) is 4.79 Å². The van der Waals surface area contributed by atoms with Crippen molar-refractivity contribution in [2.75, 3.05) is 12.4 Å². The Morgan fingerprint density at radius 2 is 1.45 bits per heavy atom. The maximum absolute atomic E-state index is 12.6. The van der Waals surface area contributed by atoms with Gasteiger partial charge in [0.15, 0.2) is 0 Å². The van der Waals surface area contributed by atoms with Gasteiger partial charge < -0.3 is 10.1 Å². The van der Waals surface area contributed by atoms with Gasteiger partial charge in [-0.1, -0.05) is 54.6 Å². The van der Waals surface area contributed by atoms with Gasteiger partial charge in [0.25, 0.3) is 5.91 Å². The van der Waals surface area contributed by atoms with E-state index in [9.17, 15) is 9.59 Å². The van der Waals surface area contributed by atoms with Gasteiger partial charge in [-0.05, 0) is 58.3 Å². The first kappa shape index (κ1) is 18.4. The molecule has 0 radical (unpaired) electrons. The zero-order chi connectivity index (χ0) is 20.2. The molecule has 0 spiro atoms. The Morgan fingerprint density at radius 1 is 0.690 bits per heavy atom. The molecule has 0 heterocycles. The number of carbonyl (C=O) groups excluding carboxylic acids is 2. The summed E-state index contributed by atoms with van der Waals surface area (Å²) in [7, 11) is 1.36. The molecule has 0 saturated carbocycles. The second kappa shape index (κ2) is 7.98. The van der Waals surface area contributed by atoms with Crippen LogP contribution in [0.4, 0.5) is 5.69 Å². The summed E-state index contributed by atoms with van der Waals surface area (Å²) < 4.78 is 4.77. The Hall–Kier alpha value is -3.92. The van der Waals surface area contributed by atoms with Crippen LogP contribution < -0.4 is 5.32 Å². The van der Waals surface area contributed by atoms with Gasteiger partial charge in [0.2, 0.25) is 0 Å². The molecular formula is C25H19NO3. The van der Waals surface area contributed by atoms with E-state index in [1.165, 1.54) is 7.11 Å². The largest absolute Gasteiger partial charge is 0.465 e. The van der Waals surface area contributed by atoms with Crippen LogP contribution in [-0.4, -0.2) is 19.0 Å². The highest BCUT2D eigenvalue weighted by Crippen LogP contribution is 2.23. The summed E-state index contributed by atoms with van der Waals surface area (Å²) in [6, 6.07) is 28.4. The fourth-order valence-corrected chi connectivity index (χ4v) is 3.22. The highest BCUT2D eigenvalue weighted by molar-refractivity contribution is 6.06. The van der Waals surface area contributed by atoms with E-state index in [0.29, 0.717) is 16.8 Å². The molecule has 0 saturated heterocycles. The second-order valence-corrected chi connectivity index (χ2v) is 6.67. The van der Waals surface area contributed by atoms with Crippen LogP contribution >= 0.6 is 0 Å². The molecule has 0 aliphatic carbocycles. The molecule has 29 heavy (non-hydrogen) atoms. The summed E-state index contributed by atoms with van der Waals surface area (Å²) in [5.74, 6) is -0.526. The standard InChI is InChI=1S/C25H19NO3/c1-29-25(28)22-8-4-7-20(16-22)18-11-13-23(14-12-18)26-24(27)21-10-9-17-5-2-3-6-19(17)15-21/h2-16H,1H3,(H,26,27). The number of esters is 1. The monoisotopic (exact) mass is 381 g/mol. The first-order valence-electron chi connectivity index (χ1n) is 9.23. The molecule has 0 aliphatic heterocycles. The van der Waals surface area contributed by atoms with Gasteiger partial charge in [-0.15, -0.1) is 0 Å². The van der Waals surface area contributed by atoms with E-state index in [-0.39, 0.29) is 11.9 Å². The lowest BCUT2D eigenvalue weighted by Gasteiger charge is -2.08. The normalized spacial score (nSPS) is 10.5. The van der Waals surface area contributed by atoms with Crippen LogP contribution in [0.25, 0.3) is 21.9 Å². The smallest absolute Gasteiger partial charge is 0.337 e. The van der Waals surface area contributed by atoms with Crippen molar-refractivity contribution in [3.63, 3.8) is 0 Å². The molecule has 0 aliphatic rings. The predicted octanol–water partition coefficient (Wildman–Crippen LogP) is 5.55. The molecule has 1 N–H and O–H groups in total. The lowest BCUT2D eigenvalue weighted by molar-refractivity contribution is 0.0600. The van der Waals surface area contributed by atoms with Gasteiger partial charge in [0.05, 0.1) is 12.7 Å². The van der Waals surface area contributed by atoms with Gasteiger partial charge in [0, 0.05) is 11.3 Å². The van der Waals surface area contributed by atoms with Crippen molar-refractivity contribution in [1.82, 2.24) is 0 Å². The lowest BCUT2D eigenvalue weighted by Crippen LogP contribution is -2.11. The maximum atomic E-state index is 12.6. The molecule has 142 valence electrons. The summed E-state index contributed by atoms with van der Waals surface area (Å²) in [5, 5.41) is 5.06. The van der Waals surface area contributed by atoms with Crippen LogP contribution in [0, 0.1) is 0 Å². The van der Waals surface area contributed by atoms with Gasteiger partial charge >= 0.3 is 5.97 Å². The molecule has 0 atom stereocenters. The number of hydrogen-bond donors (Lipinski definition) is 1. The number of carbonyl (C=O) groups is 2. The molecule has 0 aromatic heterocycles. The molecule has 4 heteroatoms. The Labute approximate surface area is 168 Å². The second-order valence-electron chi connectivity index (χ2n) is 6.67. The first-order chi connectivity index (χ1) is 14.1. The number of anilines is 1. The number of methoxy groups -OCH3 is 1. The minimum Gasteiger partial charge on any atom is -0.465 e. The molecular weight excluding hydrogens is 362 g/mol. The predicted molar refractivity (Wildman–Crippen MR) is 115 cm³/mol. The van der Waals surface area contributed by atoms with Crippen LogP contribution in [0.1, 0.15) is 20.7 Å². The lowest BCUT2D eigenvalue weighted by atomic mass is 10.0. The van der Waals surface area contributed by atoms with Crippen molar-refractivity contribution in [3.8, 4) is 11.1 Å². The van der Waals surface area contributed by atoms with Gasteiger partial charge in [0.1, 0.15) is 0 Å². The van der Waals surface area contributed by atoms with Crippen LogP contribution in [0.5, 0.6) is 0 Å². The summed E-state index contributed by atoms with van der Waals surface area (Å²) >= 11 is 0. The summed E-state index contributed by atoms with van der Waals surface area (Å²) in [6.07, 6.45) is 0. The molecule has 0 bridgehead atoms. The van der Waals surface area contributed by atoms with Crippen molar-refractivity contribution < 1.29 is 14.3 Å². The van der Waals surface area contributed by atoms with Crippen LogP contribution in [-0.2, 0) is 4.74 Å². The van der Waals surface area contributed by atoms with E-state index >= 15 is 0 Å². The van der Waals surface area contributed by atoms with Gasteiger partial charge in [-0.2, -0.15) is 0 Å². The first-order valence-corrected chi connectivity index (χ1v) is 9.23. The van der Waals surface area contributed by atoms with Crippen molar-refractivity contribution in [2.45, 2.75) is 0 Å². The molecule has 1 amide bonds. The molecule has 4 aromatic rings. The maximum Gasteiger partial charge on any atom is 0.337 e. The van der Waals surface area contributed by atoms with E-state index in [1.807, 2.05) is 78.9 Å². The van der Waals surface area contributed by atoms with Crippen molar-refractivity contribution >= 4 is 28.3 Å². The van der Waals surface area contributed by atoms with Crippen LogP contribution in [0.2, 0.25) is 0 Å². The SMILES string of the molecule is COC(=O)c1cccc(-c2ccc(NC(=O)c3ccc4ccccc4c3)cc2)c1. The third-order valence-corrected chi connectivity index (χ3v) is 4.77. The van der Waals surface area contributed by atoms with Crippen LogP contribution in [0.3, 0.4) is 0 Å². The Bertz CT molecular complexity index is 1200. The number of nitrogens with one attached hydrogen (secondary N) is 1. The van der Waals surface area contributed by atoms with Gasteiger partial charge in [-0.3, -0.25) is 4.79 Å². The van der Waals surface area contributed by atoms with Crippen molar-refractivity contribution in [1.29, 1.82) is 0 Å². The molecule has 4 rings (SSSR count). The third-order valence-electron chi connectivity index (χ3n) is 4.77. The average molecular weight is 381 g/mol. The van der Waals surface area contributed by atoms with E-state index in [2.05, 4.69) is 5.32 Å². The fourth-order valence-electron chi connectivity index (χ4n) is 3.22. The Balaban J connectivity index is 1.52. The minimum atomic E-state index is -0.369. The number of rotatable bonds is 4. The van der Waals surface area contributed by atoms with E-state index in [4.69, 9.17) is 4.74 Å². The number of hydrogen-bond acceptors (Lipinski definition) is 3. The average Bonchev–Trinajstić information content (AvgIpc) is 2.78. The molecule has 4 aromatic carbocycles. The minimum absolute atomic E-state index is 0.156. The number of ether oxygens (including phenoxy) is 1. The van der Waals surface area contributed by atoms with E-state index in [1.54, 1.807) is 12.1 Å². The Kier molecular flexibility index (Phi) is 5.08. The van der Waals surface area contributed by atoms with Crippen molar-refractivity contribution in [2.24, 2.45) is 0 Å². The van der Waals surface area contributed by atoms with Crippen molar-refractivity contribution in [3.05, 3.63) is 102 Å². The molecule has 4 nitrogen and oxygen atoms in total. The highest BCUT2D eigenvalue weighted by atomic mass is 16.5. The van der Waals surface area contributed by atoms with E-state index in [0.717, 1.165) is 21.9 Å². The highest BCUT2D eigenvalue weighted by Gasteiger charge is 2.09. The van der Waals surface area contributed by atoms with E-state index < -0.39 is 0 Å². The number of benzene rings is 4. The fraction of sp³-hybridized carbons (Fsp3) is 0.0400. The molecule has 0 unspecified atom stereocenters. The zero-order valence-corrected chi connectivity index (χ0v) is 15.9. The summed E-state index contributed by atoms with van der Waals surface area (Å²) in [5.41, 5.74) is 3.66. The van der Waals surface area contributed by atoms with Crippen LogP contribution in [0.15, 0.2) is 91.0 Å². The quantitative estimate of drug-likeness (QED) is 0.472. The Morgan fingerprint density at radius 3 is 2.21 bits per heavy atom. The third kappa shape index (κ3) is 4.01. The topological polar surface area (TPSA) is 55.4 Å². The summed E-state index contributed by atoms with van der Waals surface area (Å²) in [6.45, 7) is 0. The summed E-state index contributed by atoms with van der Waals surface area (Å²) in [4.78, 5) is 24.3. The molecule has 0 fully saturated rings.